The van der Waals surface area contributed by atoms with E-state index in [1.807, 2.05) is 0 Å². The van der Waals surface area contributed by atoms with Gasteiger partial charge in [0.25, 0.3) is 5.69 Å². The predicted octanol–water partition coefficient (Wildman–Crippen LogP) is 1.51. The van der Waals surface area contributed by atoms with Crippen LogP contribution in [0.25, 0.3) is 0 Å². The number of pyridine rings is 1. The molecule has 7 nitrogen and oxygen atoms in total. The van der Waals surface area contributed by atoms with Crippen LogP contribution in [0.3, 0.4) is 0 Å². The van der Waals surface area contributed by atoms with Crippen molar-refractivity contribution in [3.8, 4) is 0 Å². The van der Waals surface area contributed by atoms with E-state index in [-0.39, 0.29) is 18.1 Å². The summed E-state index contributed by atoms with van der Waals surface area (Å²) in [5, 5.41) is 22.2. The maximum absolute atomic E-state index is 10.8. The van der Waals surface area contributed by atoms with E-state index in [2.05, 4.69) is 10.3 Å². The third-order valence-electron chi connectivity index (χ3n) is 2.24. The molecule has 0 fully saturated rings. The van der Waals surface area contributed by atoms with Crippen LogP contribution >= 0.6 is 0 Å². The van der Waals surface area contributed by atoms with Gasteiger partial charge in [-0.25, -0.2) is 4.98 Å². The average Bonchev–Trinajstić information content (AvgIpc) is 2.26. The molecule has 0 aliphatic carbocycles. The summed E-state index contributed by atoms with van der Waals surface area (Å²) in [6.07, 6.45) is 1.30. The Morgan fingerprint density at radius 2 is 2.29 bits per heavy atom. The Morgan fingerprint density at radius 3 is 2.82 bits per heavy atom. The fourth-order valence-corrected chi connectivity index (χ4v) is 1.02. The Morgan fingerprint density at radius 1 is 1.65 bits per heavy atom. The summed E-state index contributed by atoms with van der Waals surface area (Å²) >= 11 is 0. The van der Waals surface area contributed by atoms with Gasteiger partial charge in [0, 0.05) is 18.8 Å². The third-order valence-corrected chi connectivity index (χ3v) is 2.24. The molecule has 0 atom stereocenters. The Kier molecular flexibility index (Phi) is 3.62. The van der Waals surface area contributed by atoms with Crippen molar-refractivity contribution in [2.75, 3.05) is 11.9 Å². The molecule has 7 heteroatoms. The molecule has 1 aromatic rings. The van der Waals surface area contributed by atoms with Crippen LogP contribution in [0.2, 0.25) is 0 Å². The lowest BCUT2D eigenvalue weighted by Gasteiger charge is -2.19. The van der Waals surface area contributed by atoms with Gasteiger partial charge in [-0.2, -0.15) is 0 Å². The molecule has 1 rings (SSSR count). The summed E-state index contributed by atoms with van der Waals surface area (Å²) in [6, 6.07) is 2.53. The van der Waals surface area contributed by atoms with E-state index in [1.165, 1.54) is 18.3 Å². The van der Waals surface area contributed by atoms with Gasteiger partial charge >= 0.3 is 5.97 Å². The molecule has 17 heavy (non-hydrogen) atoms. The number of hydrogen-bond acceptors (Lipinski definition) is 5. The number of carbonyl (C=O) groups is 1. The minimum absolute atomic E-state index is 0.0874. The molecule has 0 aliphatic rings. The van der Waals surface area contributed by atoms with Crippen molar-refractivity contribution in [2.24, 2.45) is 5.41 Å². The van der Waals surface area contributed by atoms with E-state index in [9.17, 15) is 14.9 Å². The number of carboxylic acid groups (broad SMARTS) is 1. The van der Waals surface area contributed by atoms with E-state index in [0.29, 0.717) is 0 Å². The zero-order chi connectivity index (χ0) is 13.1. The molecule has 0 spiro atoms. The summed E-state index contributed by atoms with van der Waals surface area (Å²) in [7, 11) is 0. The number of aromatic nitrogens is 1. The molecule has 0 bridgehead atoms. The molecule has 2 N–H and O–H groups in total. The minimum Gasteiger partial charge on any atom is -0.481 e. The maximum atomic E-state index is 10.8. The quantitative estimate of drug-likeness (QED) is 0.596. The van der Waals surface area contributed by atoms with Crippen LogP contribution in [0.5, 0.6) is 0 Å². The van der Waals surface area contributed by atoms with Crippen molar-refractivity contribution in [1.29, 1.82) is 0 Å². The Hall–Kier alpha value is -2.18. The highest BCUT2D eigenvalue weighted by atomic mass is 16.6. The smallest absolute Gasteiger partial charge is 0.310 e. The highest BCUT2D eigenvalue weighted by Crippen LogP contribution is 2.18. The summed E-state index contributed by atoms with van der Waals surface area (Å²) in [6.45, 7) is 3.25. The number of rotatable bonds is 5. The van der Waals surface area contributed by atoms with Crippen molar-refractivity contribution in [1.82, 2.24) is 4.98 Å². The average molecular weight is 239 g/mol. The standard InChI is InChI=1S/C10H13N3O4/c1-10(2,9(14)15)6-12-8-5-7(13(16)17)3-4-11-8/h3-5H,6H2,1-2H3,(H,11,12)(H,14,15). The molecule has 0 aromatic carbocycles. The van der Waals surface area contributed by atoms with Gasteiger partial charge in [0.05, 0.1) is 16.4 Å². The second-order valence-corrected chi connectivity index (χ2v) is 4.20. The maximum Gasteiger partial charge on any atom is 0.310 e. The Bertz CT molecular complexity index is 445. The number of carboxylic acids is 1. The van der Waals surface area contributed by atoms with Crippen LogP contribution in [-0.2, 0) is 4.79 Å². The first-order chi connectivity index (χ1) is 7.83. The van der Waals surface area contributed by atoms with Crippen LogP contribution in [0.15, 0.2) is 18.3 Å². The molecule has 0 amide bonds. The molecule has 0 unspecified atom stereocenters. The van der Waals surface area contributed by atoms with Crippen molar-refractivity contribution in [2.45, 2.75) is 13.8 Å². The van der Waals surface area contributed by atoms with E-state index >= 15 is 0 Å². The van der Waals surface area contributed by atoms with E-state index in [4.69, 9.17) is 5.11 Å². The first-order valence-electron chi connectivity index (χ1n) is 4.90. The molecule has 0 saturated carbocycles. The highest BCUT2D eigenvalue weighted by molar-refractivity contribution is 5.74. The second kappa shape index (κ2) is 4.77. The molecular weight excluding hydrogens is 226 g/mol. The predicted molar refractivity (Wildman–Crippen MR) is 60.8 cm³/mol. The normalized spacial score (nSPS) is 10.9. The van der Waals surface area contributed by atoms with Crippen LogP contribution in [0, 0.1) is 15.5 Å². The van der Waals surface area contributed by atoms with Crippen molar-refractivity contribution in [3.05, 3.63) is 28.4 Å². The number of anilines is 1. The van der Waals surface area contributed by atoms with Gasteiger partial charge in [-0.3, -0.25) is 14.9 Å². The van der Waals surface area contributed by atoms with E-state index < -0.39 is 16.3 Å². The monoisotopic (exact) mass is 239 g/mol. The van der Waals surface area contributed by atoms with Gasteiger partial charge in [0.2, 0.25) is 0 Å². The van der Waals surface area contributed by atoms with Crippen molar-refractivity contribution in [3.63, 3.8) is 0 Å². The number of nitrogens with zero attached hydrogens (tertiary/aromatic N) is 2. The van der Waals surface area contributed by atoms with E-state index in [1.54, 1.807) is 13.8 Å². The summed E-state index contributed by atoms with van der Waals surface area (Å²) in [5.41, 5.74) is -1.05. The minimum atomic E-state index is -0.966. The van der Waals surface area contributed by atoms with Gasteiger partial charge in [0.1, 0.15) is 5.82 Å². The summed E-state index contributed by atoms with van der Waals surface area (Å²) in [4.78, 5) is 24.7. The number of aliphatic carboxylic acids is 1. The fourth-order valence-electron chi connectivity index (χ4n) is 1.02. The highest BCUT2D eigenvalue weighted by Gasteiger charge is 2.26. The van der Waals surface area contributed by atoms with Crippen LogP contribution in [0.4, 0.5) is 11.5 Å². The molecule has 1 heterocycles. The van der Waals surface area contributed by atoms with Gasteiger partial charge < -0.3 is 10.4 Å². The van der Waals surface area contributed by atoms with Gasteiger partial charge in [-0.05, 0) is 13.8 Å². The molecule has 0 aliphatic heterocycles. The molecule has 1 aromatic heterocycles. The molecular formula is C10H13N3O4. The van der Waals surface area contributed by atoms with Gasteiger partial charge in [-0.1, -0.05) is 0 Å². The van der Waals surface area contributed by atoms with Crippen molar-refractivity contribution >= 4 is 17.5 Å². The second-order valence-electron chi connectivity index (χ2n) is 4.20. The first-order valence-corrected chi connectivity index (χ1v) is 4.90. The number of nitrogens with one attached hydrogen (secondary N) is 1. The lowest BCUT2D eigenvalue weighted by molar-refractivity contribution is -0.384. The lowest BCUT2D eigenvalue weighted by atomic mass is 9.94. The van der Waals surface area contributed by atoms with E-state index in [0.717, 1.165) is 0 Å². The van der Waals surface area contributed by atoms with Gasteiger partial charge in [0.15, 0.2) is 0 Å². The molecule has 92 valence electrons. The molecule has 0 saturated heterocycles. The summed E-state index contributed by atoms with van der Waals surface area (Å²) < 4.78 is 0. The zero-order valence-corrected chi connectivity index (χ0v) is 9.51. The number of hydrogen-bond donors (Lipinski definition) is 2. The largest absolute Gasteiger partial charge is 0.481 e. The van der Waals surface area contributed by atoms with Crippen molar-refractivity contribution < 1.29 is 14.8 Å². The number of nitro groups is 1. The zero-order valence-electron chi connectivity index (χ0n) is 9.51. The topological polar surface area (TPSA) is 105 Å². The lowest BCUT2D eigenvalue weighted by Crippen LogP contribution is -2.31. The third kappa shape index (κ3) is 3.40. The van der Waals surface area contributed by atoms with Crippen LogP contribution in [-0.4, -0.2) is 27.5 Å². The fraction of sp³-hybridized carbons (Fsp3) is 0.400. The molecule has 0 radical (unpaired) electrons. The Balaban J connectivity index is 2.73. The SMILES string of the molecule is CC(C)(CNc1cc([N+](=O)[O-])ccn1)C(=O)O. The first kappa shape index (κ1) is 12.9. The van der Waals surface area contributed by atoms with Crippen LogP contribution in [0.1, 0.15) is 13.8 Å². The summed E-state index contributed by atoms with van der Waals surface area (Å²) in [5.74, 6) is -0.663. The van der Waals surface area contributed by atoms with Gasteiger partial charge in [-0.15, -0.1) is 0 Å². The Labute approximate surface area is 97.6 Å². The van der Waals surface area contributed by atoms with Crippen LogP contribution < -0.4 is 5.32 Å².